The second-order valence-electron chi connectivity index (χ2n) is 5.14. The summed E-state index contributed by atoms with van der Waals surface area (Å²) in [4.78, 5) is 15.3. The van der Waals surface area contributed by atoms with E-state index < -0.39 is 17.4 Å². The minimum atomic E-state index is -4.62. The molecular formula is C16H13F3N2O3. The fourth-order valence-electron chi connectivity index (χ4n) is 2.32. The zero-order chi connectivity index (χ0) is 17.2. The van der Waals surface area contributed by atoms with Crippen LogP contribution < -0.4 is 10.4 Å². The van der Waals surface area contributed by atoms with E-state index in [1.165, 1.54) is 18.2 Å². The van der Waals surface area contributed by atoms with Crippen LogP contribution in [0, 0.1) is 0 Å². The molecule has 3 aromatic rings. The van der Waals surface area contributed by atoms with E-state index in [0.717, 1.165) is 0 Å². The molecule has 0 fully saturated rings. The van der Waals surface area contributed by atoms with Crippen LogP contribution in [-0.4, -0.2) is 16.2 Å². The predicted octanol–water partition coefficient (Wildman–Crippen LogP) is 3.48. The lowest BCUT2D eigenvalue weighted by Crippen LogP contribution is -2.11. The van der Waals surface area contributed by atoms with Gasteiger partial charge in [-0.05, 0) is 18.6 Å². The van der Waals surface area contributed by atoms with Gasteiger partial charge < -0.3 is 13.7 Å². The van der Waals surface area contributed by atoms with Crippen LogP contribution in [0.5, 0.6) is 5.75 Å². The number of fused-ring (bicyclic) bond motifs is 1. The first kappa shape index (κ1) is 16.1. The SMILES string of the molecule is O=c1cc(C(F)(F)F)c2ccc(OCCCn3ccnc3)cc2o1. The van der Waals surface area contributed by atoms with Crippen LogP contribution in [0.3, 0.4) is 0 Å². The van der Waals surface area contributed by atoms with Gasteiger partial charge >= 0.3 is 11.8 Å². The van der Waals surface area contributed by atoms with Crippen molar-refractivity contribution in [3.63, 3.8) is 0 Å². The Morgan fingerprint density at radius 1 is 1.25 bits per heavy atom. The van der Waals surface area contributed by atoms with Crippen molar-refractivity contribution in [2.45, 2.75) is 19.1 Å². The fraction of sp³-hybridized carbons (Fsp3) is 0.250. The molecule has 5 nitrogen and oxygen atoms in total. The van der Waals surface area contributed by atoms with Gasteiger partial charge in [0.15, 0.2) is 0 Å². The molecule has 24 heavy (non-hydrogen) atoms. The molecule has 0 N–H and O–H groups in total. The lowest BCUT2D eigenvalue weighted by atomic mass is 10.1. The highest BCUT2D eigenvalue weighted by atomic mass is 19.4. The lowest BCUT2D eigenvalue weighted by molar-refractivity contribution is -0.136. The van der Waals surface area contributed by atoms with E-state index in [1.54, 1.807) is 12.5 Å². The maximum Gasteiger partial charge on any atom is 0.417 e. The average molecular weight is 338 g/mol. The quantitative estimate of drug-likeness (QED) is 0.528. The van der Waals surface area contributed by atoms with Crippen molar-refractivity contribution in [2.24, 2.45) is 0 Å². The van der Waals surface area contributed by atoms with Gasteiger partial charge in [0.25, 0.3) is 0 Å². The Bertz CT molecular complexity index is 886. The third-order valence-corrected chi connectivity index (χ3v) is 3.41. The van der Waals surface area contributed by atoms with Crippen LogP contribution in [0.2, 0.25) is 0 Å². The molecule has 2 heterocycles. The molecule has 2 aromatic heterocycles. The molecule has 0 aliphatic carbocycles. The largest absolute Gasteiger partial charge is 0.493 e. The van der Waals surface area contributed by atoms with E-state index in [2.05, 4.69) is 4.98 Å². The monoisotopic (exact) mass is 338 g/mol. The summed E-state index contributed by atoms with van der Waals surface area (Å²) >= 11 is 0. The number of alkyl halides is 3. The lowest BCUT2D eigenvalue weighted by Gasteiger charge is -2.11. The van der Waals surface area contributed by atoms with Gasteiger partial charge in [-0.25, -0.2) is 9.78 Å². The number of hydrogen-bond acceptors (Lipinski definition) is 4. The number of aromatic nitrogens is 2. The van der Waals surface area contributed by atoms with Crippen LogP contribution in [0.4, 0.5) is 13.2 Å². The number of nitrogens with zero attached hydrogens (tertiary/aromatic N) is 2. The zero-order valence-corrected chi connectivity index (χ0v) is 12.4. The van der Waals surface area contributed by atoms with Gasteiger partial charge in [0, 0.05) is 36.5 Å². The number of imidazole rings is 1. The molecule has 0 amide bonds. The van der Waals surface area contributed by atoms with Crippen molar-refractivity contribution in [3.8, 4) is 5.75 Å². The molecule has 8 heteroatoms. The summed E-state index contributed by atoms with van der Waals surface area (Å²) in [5.74, 6) is 0.343. The minimum Gasteiger partial charge on any atom is -0.493 e. The highest BCUT2D eigenvalue weighted by molar-refractivity contribution is 5.82. The van der Waals surface area contributed by atoms with Gasteiger partial charge in [-0.1, -0.05) is 0 Å². The van der Waals surface area contributed by atoms with Gasteiger partial charge in [0.2, 0.25) is 0 Å². The minimum absolute atomic E-state index is 0.151. The molecule has 0 saturated heterocycles. The highest BCUT2D eigenvalue weighted by Gasteiger charge is 2.33. The van der Waals surface area contributed by atoms with E-state index in [0.29, 0.717) is 31.4 Å². The summed E-state index contributed by atoms with van der Waals surface area (Å²) in [7, 11) is 0. The molecule has 0 spiro atoms. The first-order chi connectivity index (χ1) is 11.4. The van der Waals surface area contributed by atoms with Crippen LogP contribution in [0.25, 0.3) is 11.0 Å². The van der Waals surface area contributed by atoms with Crippen molar-refractivity contribution in [1.29, 1.82) is 0 Å². The molecular weight excluding hydrogens is 325 g/mol. The maximum atomic E-state index is 13.0. The van der Waals surface area contributed by atoms with E-state index in [4.69, 9.17) is 9.15 Å². The summed E-state index contributed by atoms with van der Waals surface area (Å²) in [5, 5.41) is -0.173. The van der Waals surface area contributed by atoms with E-state index in [-0.39, 0.29) is 11.0 Å². The van der Waals surface area contributed by atoms with Crippen LogP contribution in [-0.2, 0) is 12.7 Å². The Labute approximate surface area is 134 Å². The van der Waals surface area contributed by atoms with Crippen molar-refractivity contribution in [2.75, 3.05) is 6.61 Å². The summed E-state index contributed by atoms with van der Waals surface area (Å²) < 4.78 is 51.1. The highest BCUT2D eigenvalue weighted by Crippen LogP contribution is 2.34. The van der Waals surface area contributed by atoms with Gasteiger partial charge in [-0.2, -0.15) is 13.2 Å². The molecule has 0 saturated carbocycles. The number of halogens is 3. The van der Waals surface area contributed by atoms with Gasteiger partial charge in [0.1, 0.15) is 11.3 Å². The van der Waals surface area contributed by atoms with E-state index in [9.17, 15) is 18.0 Å². The number of ether oxygens (including phenoxy) is 1. The predicted molar refractivity (Wildman–Crippen MR) is 79.8 cm³/mol. The molecule has 0 aliphatic heterocycles. The van der Waals surface area contributed by atoms with Crippen molar-refractivity contribution >= 4 is 11.0 Å². The number of hydrogen-bond donors (Lipinski definition) is 0. The van der Waals surface area contributed by atoms with Gasteiger partial charge in [-0.15, -0.1) is 0 Å². The Kier molecular flexibility index (Phi) is 4.28. The van der Waals surface area contributed by atoms with Crippen LogP contribution in [0.15, 0.2) is 52.2 Å². The van der Waals surface area contributed by atoms with Crippen LogP contribution >= 0.6 is 0 Å². The first-order valence-corrected chi connectivity index (χ1v) is 7.17. The fourth-order valence-corrected chi connectivity index (χ4v) is 2.32. The Morgan fingerprint density at radius 2 is 2.08 bits per heavy atom. The Morgan fingerprint density at radius 3 is 2.79 bits per heavy atom. The molecule has 126 valence electrons. The summed E-state index contributed by atoms with van der Waals surface area (Å²) in [5.41, 5.74) is -2.21. The van der Waals surface area contributed by atoms with Crippen molar-refractivity contribution in [1.82, 2.24) is 9.55 Å². The van der Waals surface area contributed by atoms with Gasteiger partial charge in [-0.3, -0.25) is 0 Å². The first-order valence-electron chi connectivity index (χ1n) is 7.17. The molecule has 0 unspecified atom stereocenters. The third kappa shape index (κ3) is 3.58. The standard InChI is InChI=1S/C16H13F3N2O3/c17-16(18,19)13-9-15(22)24-14-8-11(2-3-12(13)14)23-7-1-5-21-6-4-20-10-21/h2-4,6,8-10H,1,5,7H2. The van der Waals surface area contributed by atoms with E-state index in [1.807, 2.05) is 10.8 Å². The summed E-state index contributed by atoms with van der Waals surface area (Å²) in [6, 6.07) is 4.41. The molecule has 0 aliphatic rings. The second kappa shape index (κ2) is 6.38. The zero-order valence-electron chi connectivity index (χ0n) is 12.4. The average Bonchev–Trinajstić information content (AvgIpc) is 3.03. The number of rotatable bonds is 5. The Hall–Kier alpha value is -2.77. The molecule has 0 atom stereocenters. The van der Waals surface area contributed by atoms with E-state index >= 15 is 0 Å². The maximum absolute atomic E-state index is 13.0. The van der Waals surface area contributed by atoms with Crippen molar-refractivity contribution < 1.29 is 22.3 Å². The van der Waals surface area contributed by atoms with Crippen molar-refractivity contribution in [3.05, 3.63) is 59.0 Å². The molecule has 1 aromatic carbocycles. The summed E-state index contributed by atoms with van der Waals surface area (Å²) in [6.07, 6.45) is 1.25. The smallest absolute Gasteiger partial charge is 0.417 e. The third-order valence-electron chi connectivity index (χ3n) is 3.41. The number of benzene rings is 1. The summed E-state index contributed by atoms with van der Waals surface area (Å²) in [6.45, 7) is 1.08. The number of aryl methyl sites for hydroxylation is 1. The normalized spacial score (nSPS) is 11.8. The topological polar surface area (TPSA) is 57.3 Å². The second-order valence-corrected chi connectivity index (χ2v) is 5.14. The van der Waals surface area contributed by atoms with Gasteiger partial charge in [0.05, 0.1) is 18.5 Å². The molecule has 0 radical (unpaired) electrons. The Balaban J connectivity index is 1.75. The van der Waals surface area contributed by atoms with Crippen LogP contribution in [0.1, 0.15) is 12.0 Å². The molecule has 3 rings (SSSR count). The molecule has 0 bridgehead atoms.